The van der Waals surface area contributed by atoms with E-state index in [2.05, 4.69) is 6.92 Å². The van der Waals surface area contributed by atoms with Crippen LogP contribution in [-0.4, -0.2) is 33.5 Å². The van der Waals surface area contributed by atoms with Gasteiger partial charge in [0.1, 0.15) is 28.6 Å². The molecule has 2 rings (SSSR count). The Labute approximate surface area is 156 Å². The maximum atomic E-state index is 12.8. The fourth-order valence-corrected chi connectivity index (χ4v) is 3.36. The van der Waals surface area contributed by atoms with E-state index in [0.29, 0.717) is 29.4 Å². The summed E-state index contributed by atoms with van der Waals surface area (Å²) in [7, 11) is 4.56. The molecule has 1 atom stereocenters. The number of rotatable bonds is 10. The van der Waals surface area contributed by atoms with Crippen LogP contribution in [-0.2, 0) is 0 Å². The molecule has 0 amide bonds. The van der Waals surface area contributed by atoms with Crippen LogP contribution in [0.1, 0.15) is 30.1 Å². The second-order valence-electron chi connectivity index (χ2n) is 5.59. The molecule has 0 aromatic heterocycles. The first kappa shape index (κ1) is 20.1. The van der Waals surface area contributed by atoms with Gasteiger partial charge in [0.25, 0.3) is 0 Å². The molecule has 140 valence electrons. The Morgan fingerprint density at radius 2 is 1.54 bits per heavy atom. The monoisotopic (exact) mass is 376 g/mol. The highest BCUT2D eigenvalue weighted by molar-refractivity contribution is 7.66. The molecule has 0 aliphatic heterocycles. The Balaban J connectivity index is 2.16. The molecule has 1 unspecified atom stereocenters. The van der Waals surface area contributed by atoms with Gasteiger partial charge in [0.15, 0.2) is 5.52 Å². The third-order valence-electron chi connectivity index (χ3n) is 3.82. The predicted molar refractivity (Wildman–Crippen MR) is 105 cm³/mol. The minimum atomic E-state index is -0.0546. The smallest absolute Gasteiger partial charge is 0.193 e. The molecule has 2 aromatic rings. The van der Waals surface area contributed by atoms with E-state index in [1.54, 1.807) is 19.2 Å². The Hall–Kier alpha value is -2.26. The molecule has 0 N–H and O–H groups in total. The van der Waals surface area contributed by atoms with Crippen molar-refractivity contribution in [2.45, 2.75) is 19.8 Å². The summed E-state index contributed by atoms with van der Waals surface area (Å²) in [6.07, 6.45) is 2.12. The van der Waals surface area contributed by atoms with Crippen molar-refractivity contribution in [3.05, 3.63) is 42.0 Å². The number of hydrogen-bond donors (Lipinski definition) is 0. The summed E-state index contributed by atoms with van der Waals surface area (Å²) in [5.41, 5.74) is 0.374. The quantitative estimate of drug-likeness (QED) is 0.463. The molecule has 0 heterocycles. The van der Waals surface area contributed by atoms with Gasteiger partial charge < -0.3 is 18.9 Å². The number of carbonyl (C=O) groups is 1. The summed E-state index contributed by atoms with van der Waals surface area (Å²) in [6, 6.07) is 11.0. The average molecular weight is 376 g/mol. The molecule has 2 aromatic carbocycles. The Morgan fingerprint density at radius 3 is 2.04 bits per heavy atom. The van der Waals surface area contributed by atoms with Gasteiger partial charge in [-0.05, 0) is 32.4 Å². The molecule has 26 heavy (non-hydrogen) atoms. The molecule has 0 radical (unpaired) electrons. The summed E-state index contributed by atoms with van der Waals surface area (Å²) in [5.74, 6) is 2.28. The zero-order valence-corrected chi connectivity index (χ0v) is 16.6. The minimum absolute atomic E-state index is 0.0446. The topological polar surface area (TPSA) is 54.0 Å². The van der Waals surface area contributed by atoms with Crippen molar-refractivity contribution in [1.29, 1.82) is 0 Å². The third-order valence-corrected chi connectivity index (χ3v) is 4.92. The summed E-state index contributed by atoms with van der Waals surface area (Å²) in [4.78, 5) is 12.8. The SMILES string of the molecule is CCCCOc1ccc(PC(=O)c2c(OC)cc(OC)cc2OC)cc1. The summed E-state index contributed by atoms with van der Waals surface area (Å²) in [6.45, 7) is 2.83. The van der Waals surface area contributed by atoms with Crippen molar-refractivity contribution >= 4 is 19.4 Å². The predicted octanol–water partition coefficient (Wildman–Crippen LogP) is 4.04. The zero-order valence-electron chi connectivity index (χ0n) is 15.6. The molecular formula is C20H25O5P. The fourth-order valence-electron chi connectivity index (χ4n) is 2.39. The third kappa shape index (κ3) is 5.12. The van der Waals surface area contributed by atoms with E-state index < -0.39 is 0 Å². The van der Waals surface area contributed by atoms with E-state index >= 15 is 0 Å². The van der Waals surface area contributed by atoms with E-state index in [-0.39, 0.29) is 14.1 Å². The van der Waals surface area contributed by atoms with Crippen molar-refractivity contribution < 1.29 is 23.7 Å². The van der Waals surface area contributed by atoms with Crippen LogP contribution in [0.25, 0.3) is 0 Å². The van der Waals surface area contributed by atoms with Gasteiger partial charge in [0.05, 0.1) is 27.9 Å². The summed E-state index contributed by atoms with van der Waals surface area (Å²) in [5, 5.41) is 0.928. The fraction of sp³-hybridized carbons (Fsp3) is 0.350. The highest BCUT2D eigenvalue weighted by Gasteiger charge is 2.20. The van der Waals surface area contributed by atoms with Crippen molar-refractivity contribution in [2.24, 2.45) is 0 Å². The number of ether oxygens (including phenoxy) is 4. The van der Waals surface area contributed by atoms with Crippen LogP contribution in [0, 0.1) is 0 Å². The average Bonchev–Trinajstić information content (AvgIpc) is 2.68. The van der Waals surface area contributed by atoms with E-state index in [4.69, 9.17) is 18.9 Å². The molecule has 5 nitrogen and oxygen atoms in total. The molecule has 0 aliphatic carbocycles. The van der Waals surface area contributed by atoms with Gasteiger partial charge in [-0.15, -0.1) is 0 Å². The van der Waals surface area contributed by atoms with Crippen LogP contribution < -0.4 is 24.3 Å². The van der Waals surface area contributed by atoms with Gasteiger partial charge in [0.2, 0.25) is 0 Å². The van der Waals surface area contributed by atoms with Crippen LogP contribution in [0.2, 0.25) is 0 Å². The van der Waals surface area contributed by atoms with E-state index in [9.17, 15) is 4.79 Å². The lowest BCUT2D eigenvalue weighted by molar-refractivity contribution is 0.108. The summed E-state index contributed by atoms with van der Waals surface area (Å²) < 4.78 is 21.6. The first-order chi connectivity index (χ1) is 12.6. The Kier molecular flexibility index (Phi) is 7.73. The van der Waals surface area contributed by atoms with Gasteiger partial charge in [-0.25, -0.2) is 0 Å². The molecule has 0 saturated heterocycles. The summed E-state index contributed by atoms with van der Waals surface area (Å²) >= 11 is 0. The minimum Gasteiger partial charge on any atom is -0.496 e. The van der Waals surface area contributed by atoms with Gasteiger partial charge >= 0.3 is 0 Å². The number of unbranched alkanes of at least 4 members (excludes halogenated alkanes) is 1. The van der Waals surface area contributed by atoms with Gasteiger partial charge in [0, 0.05) is 12.1 Å². The lowest BCUT2D eigenvalue weighted by Gasteiger charge is -2.14. The van der Waals surface area contributed by atoms with Crippen molar-refractivity contribution in [3.63, 3.8) is 0 Å². The van der Waals surface area contributed by atoms with Gasteiger partial charge in [-0.1, -0.05) is 25.5 Å². The largest absolute Gasteiger partial charge is 0.496 e. The zero-order chi connectivity index (χ0) is 18.9. The molecule has 0 fully saturated rings. The van der Waals surface area contributed by atoms with Crippen molar-refractivity contribution in [1.82, 2.24) is 0 Å². The normalized spacial score (nSPS) is 10.8. The molecule has 0 saturated carbocycles. The van der Waals surface area contributed by atoms with Crippen molar-refractivity contribution in [3.8, 4) is 23.0 Å². The van der Waals surface area contributed by atoms with Crippen LogP contribution in [0.3, 0.4) is 0 Å². The first-order valence-electron chi connectivity index (χ1n) is 8.47. The van der Waals surface area contributed by atoms with Crippen LogP contribution in [0.15, 0.2) is 36.4 Å². The number of methoxy groups -OCH3 is 3. The van der Waals surface area contributed by atoms with E-state index in [1.165, 1.54) is 14.2 Å². The lowest BCUT2D eigenvalue weighted by Crippen LogP contribution is -2.06. The number of benzene rings is 2. The molecule has 0 bridgehead atoms. The second kappa shape index (κ2) is 10.0. The molecule has 6 heteroatoms. The van der Waals surface area contributed by atoms with Crippen LogP contribution >= 0.6 is 8.58 Å². The van der Waals surface area contributed by atoms with E-state index in [1.807, 2.05) is 24.3 Å². The second-order valence-corrected chi connectivity index (χ2v) is 6.87. The lowest BCUT2D eigenvalue weighted by atomic mass is 10.2. The first-order valence-corrected chi connectivity index (χ1v) is 9.47. The Bertz CT molecular complexity index is 702. The van der Waals surface area contributed by atoms with Gasteiger partial charge in [-0.3, -0.25) is 4.79 Å². The highest BCUT2D eigenvalue weighted by atomic mass is 31.1. The molecule has 0 aliphatic rings. The van der Waals surface area contributed by atoms with Gasteiger partial charge in [-0.2, -0.15) is 0 Å². The van der Waals surface area contributed by atoms with Crippen molar-refractivity contribution in [2.75, 3.05) is 27.9 Å². The number of carbonyl (C=O) groups excluding carboxylic acids is 1. The molecule has 0 spiro atoms. The van der Waals surface area contributed by atoms with Crippen LogP contribution in [0.5, 0.6) is 23.0 Å². The maximum Gasteiger partial charge on any atom is 0.193 e. The number of hydrogen-bond acceptors (Lipinski definition) is 5. The maximum absolute atomic E-state index is 12.8. The Morgan fingerprint density at radius 1 is 0.923 bits per heavy atom. The standard InChI is InChI=1S/C20H25O5P/c1-5-6-11-25-14-7-9-16(10-8-14)26-20(21)19-17(23-3)12-15(22-2)13-18(19)24-4/h7-10,12-13,26H,5-6,11H2,1-4H3. The molecular weight excluding hydrogens is 351 g/mol. The van der Waals surface area contributed by atoms with Crippen LogP contribution in [0.4, 0.5) is 0 Å². The highest BCUT2D eigenvalue weighted by Crippen LogP contribution is 2.37. The van der Waals surface area contributed by atoms with E-state index in [0.717, 1.165) is 23.9 Å².